The molecule has 0 spiro atoms. The van der Waals surface area contributed by atoms with E-state index in [1.54, 1.807) is 6.08 Å². The number of benzene rings is 1. The Hall–Kier alpha value is -3.59. The molecule has 1 aromatic carbocycles. The molecule has 38 heavy (non-hydrogen) atoms. The van der Waals surface area contributed by atoms with E-state index in [2.05, 4.69) is 48.4 Å². The van der Waals surface area contributed by atoms with Crippen molar-refractivity contribution in [1.82, 2.24) is 15.0 Å². The molecule has 1 aliphatic carbocycles. The Bertz CT molecular complexity index is 1410. The summed E-state index contributed by atoms with van der Waals surface area (Å²) in [6.45, 7) is 11.5. The van der Waals surface area contributed by atoms with Gasteiger partial charge >= 0.3 is 0 Å². The number of nitrogens with one attached hydrogen (secondary N) is 2. The van der Waals surface area contributed by atoms with Gasteiger partial charge in [0.15, 0.2) is 0 Å². The number of aliphatic hydroxyl groups excluding tert-OH is 3. The summed E-state index contributed by atoms with van der Waals surface area (Å²) < 4.78 is 0. The number of aliphatic hydroxyl groups is 3. The fourth-order valence-electron chi connectivity index (χ4n) is 4.93. The molecule has 0 aliphatic heterocycles. The van der Waals surface area contributed by atoms with Crippen molar-refractivity contribution >= 4 is 23.9 Å². The molecule has 0 unspecified atom stereocenters. The highest BCUT2D eigenvalue weighted by Gasteiger charge is 2.41. The average Bonchev–Trinajstić information content (AvgIpc) is 3.17. The van der Waals surface area contributed by atoms with E-state index in [-0.39, 0.29) is 12.6 Å². The van der Waals surface area contributed by atoms with E-state index in [9.17, 15) is 15.3 Å². The monoisotopic (exact) mass is 515 g/mol. The van der Waals surface area contributed by atoms with Gasteiger partial charge in [-0.3, -0.25) is 0 Å². The van der Waals surface area contributed by atoms with Crippen molar-refractivity contribution in [2.45, 2.75) is 58.4 Å². The maximum absolute atomic E-state index is 10.7. The summed E-state index contributed by atoms with van der Waals surface area (Å²) in [5.41, 5.74) is 4.40. The second-order valence-electron chi connectivity index (χ2n) is 9.91. The first-order valence-electron chi connectivity index (χ1n) is 13.0. The molecular weight excluding hydrogens is 478 g/mol. The Kier molecular flexibility index (Phi) is 8.56. The summed E-state index contributed by atoms with van der Waals surface area (Å²) in [4.78, 5) is 14.4. The molecular formula is C30H37N5O3. The number of hydrogen-bond donors (Lipinski definition) is 5. The van der Waals surface area contributed by atoms with E-state index in [1.165, 1.54) is 5.56 Å². The van der Waals surface area contributed by atoms with Gasteiger partial charge in [-0.05, 0) is 51.0 Å². The Morgan fingerprint density at radius 2 is 1.79 bits per heavy atom. The number of pyridine rings is 1. The zero-order chi connectivity index (χ0) is 27.4. The molecule has 200 valence electrons. The van der Waals surface area contributed by atoms with Crippen molar-refractivity contribution in [2.75, 3.05) is 17.2 Å². The lowest BCUT2D eigenvalue weighted by atomic mass is 10.1. The minimum Gasteiger partial charge on any atom is -0.396 e. The molecule has 0 saturated heterocycles. The molecule has 5 N–H and O–H groups in total. The topological polar surface area (TPSA) is 123 Å². The van der Waals surface area contributed by atoms with Gasteiger partial charge in [0.2, 0.25) is 5.95 Å². The second-order valence-corrected chi connectivity index (χ2v) is 9.91. The molecule has 0 radical (unpaired) electrons. The summed E-state index contributed by atoms with van der Waals surface area (Å²) in [6, 6.07) is 11.6. The summed E-state index contributed by atoms with van der Waals surface area (Å²) in [6.07, 6.45) is 3.90. The van der Waals surface area contributed by atoms with Crippen LogP contribution in [0.1, 0.15) is 43.1 Å². The number of hydrogen-bond acceptors (Lipinski definition) is 8. The van der Waals surface area contributed by atoms with E-state index in [0.29, 0.717) is 35.1 Å². The molecule has 2 aromatic heterocycles. The fourth-order valence-corrected chi connectivity index (χ4v) is 4.93. The first kappa shape index (κ1) is 27.4. The highest BCUT2D eigenvalue weighted by molar-refractivity contribution is 5.76. The summed E-state index contributed by atoms with van der Waals surface area (Å²) in [5, 5.41) is 39.2. The Labute approximate surface area is 223 Å². The summed E-state index contributed by atoms with van der Waals surface area (Å²) >= 11 is 0. The van der Waals surface area contributed by atoms with Crippen LogP contribution < -0.4 is 21.2 Å². The number of rotatable bonds is 8. The highest BCUT2D eigenvalue weighted by Crippen LogP contribution is 2.34. The maximum atomic E-state index is 10.7. The predicted molar refractivity (Wildman–Crippen MR) is 152 cm³/mol. The van der Waals surface area contributed by atoms with Gasteiger partial charge in [-0.1, -0.05) is 60.7 Å². The Balaban J connectivity index is 1.77. The number of nitrogens with zero attached hydrogens (tertiary/aromatic N) is 3. The summed E-state index contributed by atoms with van der Waals surface area (Å²) in [7, 11) is 0. The second kappa shape index (κ2) is 11.9. The third kappa shape index (κ3) is 5.78. The van der Waals surface area contributed by atoms with Gasteiger partial charge < -0.3 is 26.0 Å². The van der Waals surface area contributed by atoms with Crippen LogP contribution in [0, 0.1) is 19.8 Å². The van der Waals surface area contributed by atoms with Crippen LogP contribution in [0.2, 0.25) is 0 Å². The largest absolute Gasteiger partial charge is 0.396 e. The van der Waals surface area contributed by atoms with Gasteiger partial charge in [-0.15, -0.1) is 0 Å². The Morgan fingerprint density at radius 1 is 1.05 bits per heavy atom. The van der Waals surface area contributed by atoms with E-state index in [0.717, 1.165) is 16.1 Å². The molecule has 8 nitrogen and oxygen atoms in total. The molecule has 8 heteroatoms. The van der Waals surface area contributed by atoms with Gasteiger partial charge in [-0.25, -0.2) is 9.97 Å². The van der Waals surface area contributed by atoms with E-state index < -0.39 is 24.2 Å². The number of anilines is 2. The number of aryl methyl sites for hydroxylation is 2. The molecule has 5 atom stereocenters. The van der Waals surface area contributed by atoms with Crippen LogP contribution in [0.3, 0.4) is 0 Å². The number of allylic oxidation sites excluding steroid dienone is 1. The van der Waals surface area contributed by atoms with Crippen molar-refractivity contribution in [1.29, 1.82) is 0 Å². The van der Waals surface area contributed by atoms with Crippen LogP contribution in [0.4, 0.5) is 11.8 Å². The Morgan fingerprint density at radius 3 is 2.42 bits per heavy atom. The van der Waals surface area contributed by atoms with Crippen molar-refractivity contribution in [3.05, 3.63) is 76.4 Å². The van der Waals surface area contributed by atoms with Gasteiger partial charge in [0.25, 0.3) is 0 Å². The number of aromatic nitrogens is 3. The van der Waals surface area contributed by atoms with Crippen LogP contribution >= 0.6 is 0 Å². The van der Waals surface area contributed by atoms with Crippen LogP contribution in [0.15, 0.2) is 49.1 Å². The first-order chi connectivity index (χ1) is 18.2. The maximum Gasteiger partial charge on any atom is 0.225 e. The molecule has 3 aromatic rings. The zero-order valence-electron chi connectivity index (χ0n) is 22.4. The van der Waals surface area contributed by atoms with Gasteiger partial charge in [0.05, 0.1) is 40.5 Å². The normalized spacial score (nSPS) is 22.9. The smallest absolute Gasteiger partial charge is 0.225 e. The molecule has 1 aliphatic rings. The van der Waals surface area contributed by atoms with Crippen molar-refractivity contribution in [3.63, 3.8) is 0 Å². The standard InChI is InChI=1S/C30H37N5O3/c1-6-8-21-13-14-24(33-23(21)7-2)26-19(5)32-30(31-18(4)20-11-9-17(3)10-12-20)35-29(26)34-25-15-22(16-36)27(37)28(25)38/h6-14,18,22,25,27-28,36-38H,1,15-16H2,2-5H3,(H2,31,32,34,35)/b21-8-,23-7+/t18-,22-,25-,27-,28+/m1/s1. The SMILES string of the molecule is C=C/C=c1/ccc(-c2c(C)nc(N[C@H](C)c3ccc(C)cc3)nc2N[C@@H]2C[C@H](CO)[C@@H](O)[C@H]2O)n/c1=C/C. The lowest BCUT2D eigenvalue weighted by Gasteiger charge is -2.22. The lowest BCUT2D eigenvalue weighted by molar-refractivity contribution is 0.00446. The van der Waals surface area contributed by atoms with Gasteiger partial charge in [0.1, 0.15) is 11.9 Å². The average molecular weight is 516 g/mol. The fraction of sp³-hybridized carbons (Fsp3) is 0.367. The van der Waals surface area contributed by atoms with Crippen LogP contribution in [-0.2, 0) is 0 Å². The quantitative estimate of drug-likeness (QED) is 0.310. The molecule has 1 saturated carbocycles. The molecule has 4 rings (SSSR count). The van der Waals surface area contributed by atoms with Crippen molar-refractivity contribution in [3.8, 4) is 11.3 Å². The minimum atomic E-state index is -1.05. The van der Waals surface area contributed by atoms with E-state index in [4.69, 9.17) is 15.0 Å². The lowest BCUT2D eigenvalue weighted by Crippen LogP contribution is -2.36. The summed E-state index contributed by atoms with van der Waals surface area (Å²) in [5.74, 6) is 0.523. The van der Waals surface area contributed by atoms with E-state index >= 15 is 0 Å². The third-order valence-corrected chi connectivity index (χ3v) is 7.16. The van der Waals surface area contributed by atoms with Crippen LogP contribution in [0.25, 0.3) is 23.4 Å². The van der Waals surface area contributed by atoms with Gasteiger partial charge in [-0.2, -0.15) is 4.98 Å². The molecule has 2 heterocycles. The zero-order valence-corrected chi connectivity index (χ0v) is 22.4. The minimum absolute atomic E-state index is 0.0421. The van der Waals surface area contributed by atoms with Crippen molar-refractivity contribution in [2.24, 2.45) is 5.92 Å². The molecule has 1 fully saturated rings. The van der Waals surface area contributed by atoms with Gasteiger partial charge in [0, 0.05) is 12.5 Å². The third-order valence-electron chi connectivity index (χ3n) is 7.16. The van der Waals surface area contributed by atoms with Crippen LogP contribution in [-0.4, -0.2) is 55.1 Å². The first-order valence-corrected chi connectivity index (χ1v) is 13.0. The highest BCUT2D eigenvalue weighted by atomic mass is 16.3. The molecule has 0 bridgehead atoms. The molecule has 0 amide bonds. The van der Waals surface area contributed by atoms with E-state index in [1.807, 2.05) is 45.1 Å². The predicted octanol–water partition coefficient (Wildman–Crippen LogP) is 2.61. The van der Waals surface area contributed by atoms with Crippen LogP contribution in [0.5, 0.6) is 0 Å². The van der Waals surface area contributed by atoms with Crippen molar-refractivity contribution < 1.29 is 15.3 Å².